The van der Waals surface area contributed by atoms with E-state index in [2.05, 4.69) is 21.1 Å². The van der Waals surface area contributed by atoms with Crippen LogP contribution in [0.15, 0.2) is 22.4 Å². The smallest absolute Gasteiger partial charge is 0.194 e. The minimum absolute atomic E-state index is 0.586. The lowest BCUT2D eigenvalue weighted by molar-refractivity contribution is 0.690. The molecule has 2 aromatic rings. The summed E-state index contributed by atoms with van der Waals surface area (Å²) >= 11 is 1.36. The van der Waals surface area contributed by atoms with Gasteiger partial charge >= 0.3 is 0 Å². The van der Waals surface area contributed by atoms with Crippen LogP contribution in [-0.4, -0.2) is 19.7 Å². The van der Waals surface area contributed by atoms with Crippen LogP contribution in [0.2, 0.25) is 0 Å². The molecule has 0 saturated heterocycles. The molecule has 0 bridgehead atoms. The maximum absolute atomic E-state index is 9.09. The molecule has 2 aromatic heterocycles. The minimum atomic E-state index is 0.586. The number of aromatic nitrogens is 4. The van der Waals surface area contributed by atoms with Gasteiger partial charge in [0.25, 0.3) is 0 Å². The topological polar surface area (TPSA) is 67.4 Å². The van der Waals surface area contributed by atoms with E-state index in [1.54, 1.807) is 10.9 Å². The quantitative estimate of drug-likeness (QED) is 0.755. The Morgan fingerprint density at radius 2 is 2.18 bits per heavy atom. The van der Waals surface area contributed by atoms with Crippen LogP contribution in [0.3, 0.4) is 0 Å². The van der Waals surface area contributed by atoms with Crippen LogP contribution in [0, 0.1) is 25.2 Å². The number of hydrogen-bond acceptors (Lipinski definition) is 5. The fraction of sp³-hybridized carbons (Fsp3) is 0.273. The lowest BCUT2D eigenvalue weighted by atomic mass is 10.3. The predicted molar refractivity (Wildman–Crippen MR) is 63.6 cm³/mol. The molecular formula is C11H11N5S. The molecule has 86 valence electrons. The molecule has 0 fully saturated rings. The first-order valence-electron chi connectivity index (χ1n) is 5.03. The van der Waals surface area contributed by atoms with E-state index in [0.29, 0.717) is 10.7 Å². The van der Waals surface area contributed by atoms with Crippen LogP contribution < -0.4 is 0 Å². The second kappa shape index (κ2) is 4.55. The zero-order valence-electron chi connectivity index (χ0n) is 9.80. The Hall–Kier alpha value is -1.87. The van der Waals surface area contributed by atoms with Gasteiger partial charge < -0.3 is 0 Å². The van der Waals surface area contributed by atoms with Crippen LogP contribution >= 0.6 is 11.8 Å². The summed E-state index contributed by atoms with van der Waals surface area (Å²) in [5.74, 6) is 0. The van der Waals surface area contributed by atoms with Gasteiger partial charge in [0.05, 0.1) is 5.69 Å². The minimum Gasteiger partial charge on any atom is -0.260 e. The summed E-state index contributed by atoms with van der Waals surface area (Å²) in [6.45, 7) is 3.73. The average Bonchev–Trinajstić information content (AvgIpc) is 2.53. The van der Waals surface area contributed by atoms with Crippen LogP contribution in [0.4, 0.5) is 0 Å². The van der Waals surface area contributed by atoms with Gasteiger partial charge in [0.15, 0.2) is 5.16 Å². The van der Waals surface area contributed by atoms with E-state index < -0.39 is 0 Å². The Labute approximate surface area is 104 Å². The Kier molecular flexibility index (Phi) is 3.11. The van der Waals surface area contributed by atoms with E-state index in [0.717, 1.165) is 16.4 Å². The van der Waals surface area contributed by atoms with Crippen molar-refractivity contribution in [1.29, 1.82) is 5.26 Å². The molecule has 5 nitrogen and oxygen atoms in total. The van der Waals surface area contributed by atoms with Crippen LogP contribution in [-0.2, 0) is 7.05 Å². The van der Waals surface area contributed by atoms with Gasteiger partial charge in [-0.05, 0) is 31.7 Å². The van der Waals surface area contributed by atoms with Crippen molar-refractivity contribution in [3.63, 3.8) is 0 Å². The van der Waals surface area contributed by atoms with Crippen molar-refractivity contribution in [2.45, 2.75) is 24.0 Å². The summed E-state index contributed by atoms with van der Waals surface area (Å²) in [6.07, 6.45) is 1.71. The van der Waals surface area contributed by atoms with Gasteiger partial charge in [-0.3, -0.25) is 4.68 Å². The summed E-state index contributed by atoms with van der Waals surface area (Å²) in [6, 6.07) is 4.00. The molecular weight excluding hydrogens is 234 g/mol. The molecule has 0 N–H and O–H groups in total. The second-order valence-electron chi connectivity index (χ2n) is 3.58. The summed E-state index contributed by atoms with van der Waals surface area (Å²) in [5, 5.41) is 14.7. The SMILES string of the molecule is Cc1ccnc(Sc2c(C#N)c(C)nn2C)n1. The Morgan fingerprint density at radius 1 is 1.41 bits per heavy atom. The van der Waals surface area contributed by atoms with Crippen molar-refractivity contribution in [2.24, 2.45) is 7.05 Å². The third-order valence-electron chi connectivity index (χ3n) is 2.24. The van der Waals surface area contributed by atoms with Gasteiger partial charge in [-0.15, -0.1) is 0 Å². The summed E-state index contributed by atoms with van der Waals surface area (Å²) in [5.41, 5.74) is 2.22. The van der Waals surface area contributed by atoms with Crippen LogP contribution in [0.1, 0.15) is 17.0 Å². The summed E-state index contributed by atoms with van der Waals surface area (Å²) < 4.78 is 1.68. The average molecular weight is 245 g/mol. The van der Waals surface area contributed by atoms with Crippen molar-refractivity contribution in [2.75, 3.05) is 0 Å². The lowest BCUT2D eigenvalue weighted by Crippen LogP contribution is -1.95. The van der Waals surface area contributed by atoms with E-state index in [-0.39, 0.29) is 0 Å². The Bertz CT molecular complexity index is 596. The van der Waals surface area contributed by atoms with Gasteiger partial charge in [-0.2, -0.15) is 10.4 Å². The van der Waals surface area contributed by atoms with Crippen LogP contribution in [0.5, 0.6) is 0 Å². The first-order chi connectivity index (χ1) is 8.11. The fourth-order valence-corrected chi connectivity index (χ4v) is 2.39. The third-order valence-corrected chi connectivity index (χ3v) is 3.28. The highest BCUT2D eigenvalue weighted by atomic mass is 32.2. The molecule has 0 atom stereocenters. The highest BCUT2D eigenvalue weighted by molar-refractivity contribution is 7.99. The van der Waals surface area contributed by atoms with Crippen molar-refractivity contribution >= 4 is 11.8 Å². The largest absolute Gasteiger partial charge is 0.260 e. The molecule has 0 radical (unpaired) electrons. The van der Waals surface area contributed by atoms with E-state index in [9.17, 15) is 0 Å². The number of rotatable bonds is 2. The number of nitriles is 1. The third kappa shape index (κ3) is 2.29. The monoisotopic (exact) mass is 245 g/mol. The molecule has 0 unspecified atom stereocenters. The molecule has 0 spiro atoms. The van der Waals surface area contributed by atoms with E-state index in [1.807, 2.05) is 27.0 Å². The normalized spacial score (nSPS) is 10.2. The molecule has 0 aliphatic heterocycles. The molecule has 17 heavy (non-hydrogen) atoms. The molecule has 0 aliphatic carbocycles. The number of nitrogens with zero attached hydrogens (tertiary/aromatic N) is 5. The lowest BCUT2D eigenvalue weighted by Gasteiger charge is -2.01. The molecule has 2 heterocycles. The first-order valence-corrected chi connectivity index (χ1v) is 5.84. The molecule has 0 aromatic carbocycles. The second-order valence-corrected chi connectivity index (χ2v) is 4.54. The van der Waals surface area contributed by atoms with Crippen molar-refractivity contribution in [3.05, 3.63) is 29.2 Å². The molecule has 0 amide bonds. The van der Waals surface area contributed by atoms with Crippen molar-refractivity contribution in [1.82, 2.24) is 19.7 Å². The highest BCUT2D eigenvalue weighted by Gasteiger charge is 2.15. The molecule has 0 aliphatic rings. The van der Waals surface area contributed by atoms with E-state index in [4.69, 9.17) is 5.26 Å². The molecule has 0 saturated carbocycles. The fourth-order valence-electron chi connectivity index (χ4n) is 1.44. The standard InChI is InChI=1S/C11H11N5S/c1-7-4-5-13-11(14-7)17-10-9(6-12)8(2)15-16(10)3/h4-5H,1-3H3. The van der Waals surface area contributed by atoms with Crippen LogP contribution in [0.25, 0.3) is 0 Å². The van der Waals surface area contributed by atoms with Gasteiger partial charge in [0.2, 0.25) is 0 Å². The zero-order chi connectivity index (χ0) is 12.4. The van der Waals surface area contributed by atoms with Crippen molar-refractivity contribution in [3.8, 4) is 6.07 Å². The van der Waals surface area contributed by atoms with Gasteiger partial charge in [-0.1, -0.05) is 0 Å². The molecule has 2 rings (SSSR count). The van der Waals surface area contributed by atoms with Gasteiger partial charge in [0.1, 0.15) is 16.7 Å². The number of aryl methyl sites for hydroxylation is 3. The summed E-state index contributed by atoms with van der Waals surface area (Å²) in [7, 11) is 1.81. The number of hydrogen-bond donors (Lipinski definition) is 0. The van der Waals surface area contributed by atoms with Crippen molar-refractivity contribution < 1.29 is 0 Å². The zero-order valence-corrected chi connectivity index (χ0v) is 10.6. The maximum atomic E-state index is 9.09. The van der Waals surface area contributed by atoms with E-state index in [1.165, 1.54) is 11.8 Å². The van der Waals surface area contributed by atoms with Gasteiger partial charge in [0, 0.05) is 18.9 Å². The summed E-state index contributed by atoms with van der Waals surface area (Å²) in [4.78, 5) is 8.46. The molecule has 6 heteroatoms. The van der Waals surface area contributed by atoms with E-state index >= 15 is 0 Å². The Morgan fingerprint density at radius 3 is 2.82 bits per heavy atom. The Balaban J connectivity index is 2.40. The first kappa shape index (κ1) is 11.6. The van der Waals surface area contributed by atoms with Gasteiger partial charge in [-0.25, -0.2) is 9.97 Å². The predicted octanol–water partition coefficient (Wildman–Crippen LogP) is 1.85. The highest BCUT2D eigenvalue weighted by Crippen LogP contribution is 2.28. The maximum Gasteiger partial charge on any atom is 0.194 e.